The molecule has 0 saturated heterocycles. The van der Waals surface area contributed by atoms with Crippen LogP contribution < -0.4 is 10.2 Å². The summed E-state index contributed by atoms with van der Waals surface area (Å²) in [6.45, 7) is 6.05. The number of H-pyrrole nitrogens is 1. The van der Waals surface area contributed by atoms with Crippen molar-refractivity contribution in [2.75, 3.05) is 10.2 Å². The largest absolute Gasteiger partial charge is 0.477 e. The number of carboxylic acids is 1. The van der Waals surface area contributed by atoms with Crippen molar-refractivity contribution in [2.45, 2.75) is 52.5 Å². The maximum Gasteiger partial charge on any atom is 0.348 e. The van der Waals surface area contributed by atoms with Gasteiger partial charge in [-0.15, -0.1) is 11.3 Å². The van der Waals surface area contributed by atoms with E-state index in [0.717, 1.165) is 47.5 Å². The minimum absolute atomic E-state index is 0.00983. The van der Waals surface area contributed by atoms with E-state index in [1.165, 1.54) is 6.20 Å². The van der Waals surface area contributed by atoms with Gasteiger partial charge in [0.25, 0.3) is 5.91 Å². The van der Waals surface area contributed by atoms with Crippen LogP contribution in [0.2, 0.25) is 0 Å². The molecule has 3 N–H and O–H groups in total. The van der Waals surface area contributed by atoms with E-state index in [1.54, 1.807) is 29.2 Å². The molecule has 1 saturated carbocycles. The Bertz CT molecular complexity index is 1190. The zero-order valence-electron chi connectivity index (χ0n) is 20.1. The van der Waals surface area contributed by atoms with Gasteiger partial charge in [-0.3, -0.25) is 14.7 Å². The average molecular weight is 495 g/mol. The fourth-order valence-electron chi connectivity index (χ4n) is 4.51. The van der Waals surface area contributed by atoms with Crippen LogP contribution in [0.5, 0.6) is 0 Å². The number of nitrogens with zero attached hydrogens (tertiary/aromatic N) is 2. The summed E-state index contributed by atoms with van der Waals surface area (Å²) in [4.78, 5) is 40.4. The molecule has 1 aliphatic carbocycles. The predicted molar refractivity (Wildman–Crippen MR) is 137 cm³/mol. The van der Waals surface area contributed by atoms with Crippen LogP contribution in [-0.2, 0) is 4.79 Å². The number of hydrogen-bond donors (Lipinski definition) is 3. The monoisotopic (exact) mass is 494 g/mol. The average Bonchev–Trinajstić information content (AvgIpc) is 3.51. The molecule has 35 heavy (non-hydrogen) atoms. The Hall–Kier alpha value is -3.46. The van der Waals surface area contributed by atoms with E-state index < -0.39 is 5.97 Å². The van der Waals surface area contributed by atoms with Crippen molar-refractivity contribution in [3.63, 3.8) is 0 Å². The van der Waals surface area contributed by atoms with Crippen molar-refractivity contribution in [1.29, 1.82) is 0 Å². The second kappa shape index (κ2) is 10.4. The van der Waals surface area contributed by atoms with Gasteiger partial charge in [-0.25, -0.2) is 4.79 Å². The van der Waals surface area contributed by atoms with E-state index in [9.17, 15) is 19.5 Å². The first-order valence-corrected chi connectivity index (χ1v) is 12.7. The molecule has 1 aromatic carbocycles. The molecule has 0 bridgehead atoms. The minimum atomic E-state index is -1.05. The van der Waals surface area contributed by atoms with E-state index in [4.69, 9.17) is 0 Å². The number of hydrogen-bond acceptors (Lipinski definition) is 5. The van der Waals surface area contributed by atoms with E-state index in [-0.39, 0.29) is 28.7 Å². The zero-order valence-corrected chi connectivity index (χ0v) is 20.9. The number of benzene rings is 1. The smallest absolute Gasteiger partial charge is 0.348 e. The topological polar surface area (TPSA) is 115 Å². The minimum Gasteiger partial charge on any atom is -0.477 e. The molecule has 1 aliphatic rings. The van der Waals surface area contributed by atoms with Gasteiger partial charge in [0.15, 0.2) is 0 Å². The Balaban J connectivity index is 1.59. The van der Waals surface area contributed by atoms with Crippen molar-refractivity contribution in [2.24, 2.45) is 11.8 Å². The summed E-state index contributed by atoms with van der Waals surface area (Å²) in [6.07, 6.45) is 5.23. The predicted octanol–water partition coefficient (Wildman–Crippen LogP) is 5.66. The first-order chi connectivity index (χ1) is 16.7. The summed E-state index contributed by atoms with van der Waals surface area (Å²) >= 11 is 1.15. The molecule has 0 atom stereocenters. The number of carbonyl (C=O) groups is 3. The quantitative estimate of drug-likeness (QED) is 0.392. The first kappa shape index (κ1) is 24.7. The van der Waals surface area contributed by atoms with Crippen LogP contribution >= 0.6 is 11.3 Å². The number of carbonyl (C=O) groups excluding carboxylic acids is 2. The molecule has 0 unspecified atom stereocenters. The normalized spacial score (nSPS) is 17.8. The Labute approximate surface area is 208 Å². The lowest BCUT2D eigenvalue weighted by Crippen LogP contribution is -2.42. The lowest BCUT2D eigenvalue weighted by Gasteiger charge is -2.33. The van der Waals surface area contributed by atoms with Gasteiger partial charge in [0.05, 0.1) is 5.69 Å². The van der Waals surface area contributed by atoms with Crippen molar-refractivity contribution in [3.05, 3.63) is 53.2 Å². The number of amides is 2. The maximum atomic E-state index is 13.5. The zero-order chi connectivity index (χ0) is 25.1. The van der Waals surface area contributed by atoms with Crippen LogP contribution in [0.25, 0.3) is 10.4 Å². The molecule has 0 spiro atoms. The Morgan fingerprint density at radius 1 is 1.11 bits per heavy atom. The molecular weight excluding hydrogens is 464 g/mol. The van der Waals surface area contributed by atoms with Gasteiger partial charge in [0, 0.05) is 28.7 Å². The van der Waals surface area contributed by atoms with E-state index in [2.05, 4.69) is 22.4 Å². The molecule has 2 amide bonds. The molecule has 0 radical (unpaired) electrons. The number of anilines is 2. The Kier molecular flexibility index (Phi) is 7.35. The molecule has 1 fully saturated rings. The summed E-state index contributed by atoms with van der Waals surface area (Å²) in [7, 11) is 0. The summed E-state index contributed by atoms with van der Waals surface area (Å²) in [5, 5.41) is 19.1. The molecule has 2 heterocycles. The standard InChI is InChI=1S/C26H30N4O4S/c1-15(2)30(25(32)18-6-4-16(3)5-7-18)21-14-22(35-23(21)26(33)34)17-8-10-19(11-9-17)28-24(31)20-12-13-27-29-20/h8-16,18H,4-7H2,1-3H3,(H,27,29)(H,28,31)(H,33,34). The highest BCUT2D eigenvalue weighted by atomic mass is 32.1. The third-order valence-corrected chi connectivity index (χ3v) is 7.62. The molecule has 184 valence electrons. The number of aromatic carboxylic acids is 1. The Morgan fingerprint density at radius 3 is 2.37 bits per heavy atom. The van der Waals surface area contributed by atoms with Crippen molar-refractivity contribution >= 4 is 40.5 Å². The second-order valence-corrected chi connectivity index (χ2v) is 10.4. The maximum absolute atomic E-state index is 13.5. The molecule has 2 aromatic heterocycles. The number of nitrogens with one attached hydrogen (secondary N) is 2. The number of thiophene rings is 1. The highest BCUT2D eigenvalue weighted by Crippen LogP contribution is 2.40. The SMILES string of the molecule is CC1CCC(C(=O)N(c2cc(-c3ccc(NC(=O)c4ccn[nH]4)cc3)sc2C(=O)O)C(C)C)CC1. The molecular formula is C26H30N4O4S. The third-order valence-electron chi connectivity index (χ3n) is 6.46. The summed E-state index contributed by atoms with van der Waals surface area (Å²) in [5.74, 6) is -0.784. The van der Waals surface area contributed by atoms with Crippen LogP contribution in [0.4, 0.5) is 11.4 Å². The highest BCUT2D eigenvalue weighted by molar-refractivity contribution is 7.18. The molecule has 0 aliphatic heterocycles. The lowest BCUT2D eigenvalue weighted by atomic mass is 9.82. The summed E-state index contributed by atoms with van der Waals surface area (Å²) in [6, 6.07) is 10.4. The van der Waals surface area contributed by atoms with Crippen LogP contribution in [0.15, 0.2) is 42.6 Å². The van der Waals surface area contributed by atoms with Gasteiger partial charge in [-0.05, 0) is 75.3 Å². The number of aromatic amines is 1. The molecule has 9 heteroatoms. The molecule has 8 nitrogen and oxygen atoms in total. The van der Waals surface area contributed by atoms with Crippen LogP contribution in [0.1, 0.15) is 66.6 Å². The van der Waals surface area contributed by atoms with Crippen molar-refractivity contribution < 1.29 is 19.5 Å². The van der Waals surface area contributed by atoms with Gasteiger partial charge in [-0.2, -0.15) is 5.10 Å². The number of carboxylic acid groups (broad SMARTS) is 1. The fourth-order valence-corrected chi connectivity index (χ4v) is 5.50. The fraction of sp³-hybridized carbons (Fsp3) is 0.385. The van der Waals surface area contributed by atoms with Gasteiger partial charge in [0.2, 0.25) is 5.91 Å². The van der Waals surface area contributed by atoms with E-state index in [1.807, 2.05) is 26.0 Å². The van der Waals surface area contributed by atoms with Gasteiger partial charge in [-0.1, -0.05) is 19.1 Å². The van der Waals surface area contributed by atoms with Crippen molar-refractivity contribution in [3.8, 4) is 10.4 Å². The van der Waals surface area contributed by atoms with Crippen LogP contribution in [-0.4, -0.2) is 39.1 Å². The molecule has 3 aromatic rings. The molecule has 4 rings (SSSR count). The van der Waals surface area contributed by atoms with E-state index in [0.29, 0.717) is 23.0 Å². The van der Waals surface area contributed by atoms with Crippen molar-refractivity contribution in [1.82, 2.24) is 10.2 Å². The van der Waals surface area contributed by atoms with Crippen LogP contribution in [0, 0.1) is 11.8 Å². The summed E-state index contributed by atoms with van der Waals surface area (Å²) < 4.78 is 0. The van der Waals surface area contributed by atoms with Crippen LogP contribution in [0.3, 0.4) is 0 Å². The lowest BCUT2D eigenvalue weighted by molar-refractivity contribution is -0.123. The van der Waals surface area contributed by atoms with E-state index >= 15 is 0 Å². The third kappa shape index (κ3) is 5.45. The Morgan fingerprint density at radius 2 is 1.80 bits per heavy atom. The van der Waals surface area contributed by atoms with Gasteiger partial charge in [0.1, 0.15) is 10.6 Å². The highest BCUT2D eigenvalue weighted by Gasteiger charge is 2.33. The first-order valence-electron chi connectivity index (χ1n) is 11.9. The van der Waals surface area contributed by atoms with Gasteiger partial charge >= 0.3 is 5.97 Å². The number of rotatable bonds is 7. The second-order valence-electron chi connectivity index (χ2n) is 9.39. The van der Waals surface area contributed by atoms with Gasteiger partial charge < -0.3 is 15.3 Å². The number of aromatic nitrogens is 2. The summed E-state index contributed by atoms with van der Waals surface area (Å²) in [5.41, 5.74) is 2.22.